The van der Waals surface area contributed by atoms with Crippen molar-refractivity contribution in [3.8, 4) is 0 Å². The van der Waals surface area contributed by atoms with Gasteiger partial charge in [0.05, 0.1) is 0 Å². The van der Waals surface area contributed by atoms with Gasteiger partial charge in [0.2, 0.25) is 0 Å². The van der Waals surface area contributed by atoms with Crippen molar-refractivity contribution in [1.82, 2.24) is 0 Å². The average molecular weight is 235 g/mol. The molecule has 0 radical (unpaired) electrons. The standard InChI is InChI=1S/C10H16BrF/c1-8(2)9(10(8,11)12)6-4-3-5-7-9/h3-7H2,1-2H3/t10-/m0/s1. The summed E-state index contributed by atoms with van der Waals surface area (Å²) in [6, 6.07) is 0. The highest BCUT2D eigenvalue weighted by Crippen LogP contribution is 2.81. The molecule has 2 rings (SSSR count). The molecule has 2 saturated carbocycles. The minimum absolute atomic E-state index is 0.0295. The number of rotatable bonds is 0. The van der Waals surface area contributed by atoms with Crippen molar-refractivity contribution in [2.75, 3.05) is 0 Å². The topological polar surface area (TPSA) is 0 Å². The van der Waals surface area contributed by atoms with Crippen molar-refractivity contribution in [1.29, 1.82) is 0 Å². The zero-order valence-electron chi connectivity index (χ0n) is 7.79. The first-order valence-electron chi connectivity index (χ1n) is 4.84. The lowest BCUT2D eigenvalue weighted by Crippen LogP contribution is -2.15. The van der Waals surface area contributed by atoms with Gasteiger partial charge in [-0.25, -0.2) is 4.39 Å². The maximum atomic E-state index is 14.0. The molecule has 0 amide bonds. The van der Waals surface area contributed by atoms with E-state index >= 15 is 0 Å². The molecule has 0 aliphatic heterocycles. The summed E-state index contributed by atoms with van der Waals surface area (Å²) in [6.45, 7) is 4.10. The second-order valence-electron chi connectivity index (χ2n) is 4.84. The summed E-state index contributed by atoms with van der Waals surface area (Å²) >= 11 is 3.26. The van der Waals surface area contributed by atoms with E-state index in [-0.39, 0.29) is 10.8 Å². The van der Waals surface area contributed by atoms with E-state index in [2.05, 4.69) is 15.9 Å². The molecule has 2 heteroatoms. The third-order valence-electron chi connectivity index (χ3n) is 4.23. The minimum atomic E-state index is -1.08. The molecule has 70 valence electrons. The number of alkyl halides is 2. The highest BCUT2D eigenvalue weighted by atomic mass is 79.9. The molecule has 0 nitrogen and oxygen atoms in total. The molecule has 1 spiro atoms. The minimum Gasteiger partial charge on any atom is -0.230 e. The smallest absolute Gasteiger partial charge is 0.176 e. The molecule has 2 aliphatic rings. The van der Waals surface area contributed by atoms with Gasteiger partial charge in [0, 0.05) is 10.8 Å². The lowest BCUT2D eigenvalue weighted by Gasteiger charge is -2.24. The Balaban J connectivity index is 2.24. The van der Waals surface area contributed by atoms with Crippen LogP contribution < -0.4 is 0 Å². The third kappa shape index (κ3) is 0.735. The number of halogens is 2. The Hall–Kier alpha value is 0.410. The van der Waals surface area contributed by atoms with E-state index in [0.717, 1.165) is 12.8 Å². The van der Waals surface area contributed by atoms with Crippen molar-refractivity contribution in [3.05, 3.63) is 0 Å². The van der Waals surface area contributed by atoms with Gasteiger partial charge in [-0.05, 0) is 28.8 Å². The molecular formula is C10H16BrF. The van der Waals surface area contributed by atoms with Crippen LogP contribution in [0.15, 0.2) is 0 Å². The monoisotopic (exact) mass is 234 g/mol. The maximum Gasteiger partial charge on any atom is 0.176 e. The summed E-state index contributed by atoms with van der Waals surface area (Å²) in [7, 11) is 0. The van der Waals surface area contributed by atoms with Crippen molar-refractivity contribution in [3.63, 3.8) is 0 Å². The SMILES string of the molecule is CC1(C)C2(CCCCC2)[C@]1(F)Br. The van der Waals surface area contributed by atoms with Crippen molar-refractivity contribution >= 4 is 15.9 Å². The molecule has 12 heavy (non-hydrogen) atoms. The van der Waals surface area contributed by atoms with Crippen LogP contribution in [0, 0.1) is 10.8 Å². The summed E-state index contributed by atoms with van der Waals surface area (Å²) in [6.07, 6.45) is 5.85. The van der Waals surface area contributed by atoms with E-state index in [9.17, 15) is 4.39 Å². The zero-order valence-corrected chi connectivity index (χ0v) is 9.38. The second kappa shape index (κ2) is 2.26. The van der Waals surface area contributed by atoms with Gasteiger partial charge in [0.25, 0.3) is 0 Å². The molecule has 0 heterocycles. The number of hydrogen-bond acceptors (Lipinski definition) is 0. The van der Waals surface area contributed by atoms with Gasteiger partial charge in [-0.2, -0.15) is 0 Å². The molecule has 0 aromatic carbocycles. The fourth-order valence-electron chi connectivity index (χ4n) is 3.03. The fraction of sp³-hybridized carbons (Fsp3) is 1.00. The van der Waals surface area contributed by atoms with Crippen LogP contribution in [0.1, 0.15) is 46.0 Å². The molecular weight excluding hydrogens is 219 g/mol. The van der Waals surface area contributed by atoms with Gasteiger partial charge < -0.3 is 0 Å². The van der Waals surface area contributed by atoms with E-state index in [1.165, 1.54) is 19.3 Å². The molecule has 0 saturated heterocycles. The Labute approximate surface area is 82.0 Å². The van der Waals surface area contributed by atoms with Crippen LogP contribution in [0.4, 0.5) is 4.39 Å². The van der Waals surface area contributed by atoms with Crippen LogP contribution in [0.2, 0.25) is 0 Å². The maximum absolute atomic E-state index is 14.0. The van der Waals surface area contributed by atoms with Crippen LogP contribution in [0.5, 0.6) is 0 Å². The van der Waals surface area contributed by atoms with Crippen LogP contribution in [0.25, 0.3) is 0 Å². The Morgan fingerprint density at radius 3 is 1.75 bits per heavy atom. The highest BCUT2D eigenvalue weighted by Gasteiger charge is 2.82. The van der Waals surface area contributed by atoms with Crippen LogP contribution in [-0.2, 0) is 0 Å². The Kier molecular flexibility index (Phi) is 1.69. The van der Waals surface area contributed by atoms with Gasteiger partial charge in [-0.15, -0.1) is 0 Å². The normalized spacial score (nSPS) is 43.0. The van der Waals surface area contributed by atoms with Crippen molar-refractivity contribution in [2.24, 2.45) is 10.8 Å². The largest absolute Gasteiger partial charge is 0.230 e. The molecule has 0 aromatic heterocycles. The highest BCUT2D eigenvalue weighted by molar-refractivity contribution is 9.10. The summed E-state index contributed by atoms with van der Waals surface area (Å²) in [5, 5.41) is 0. The average Bonchev–Trinajstić information content (AvgIpc) is 2.33. The van der Waals surface area contributed by atoms with Crippen LogP contribution >= 0.6 is 15.9 Å². The molecule has 2 fully saturated rings. The van der Waals surface area contributed by atoms with Gasteiger partial charge in [0.1, 0.15) is 0 Å². The van der Waals surface area contributed by atoms with Crippen molar-refractivity contribution in [2.45, 2.75) is 50.5 Å². The third-order valence-corrected chi connectivity index (χ3v) is 5.98. The van der Waals surface area contributed by atoms with Gasteiger partial charge >= 0.3 is 0 Å². The lowest BCUT2D eigenvalue weighted by atomic mass is 9.81. The first-order chi connectivity index (χ1) is 5.46. The molecule has 0 N–H and O–H groups in total. The summed E-state index contributed by atoms with van der Waals surface area (Å²) in [4.78, 5) is 0. The summed E-state index contributed by atoms with van der Waals surface area (Å²) in [5.41, 5.74) is -0.168. The predicted molar refractivity (Wildman–Crippen MR) is 52.1 cm³/mol. The first-order valence-corrected chi connectivity index (χ1v) is 5.63. The van der Waals surface area contributed by atoms with E-state index < -0.39 is 4.58 Å². The lowest BCUT2D eigenvalue weighted by molar-refractivity contribution is 0.243. The molecule has 0 bridgehead atoms. The van der Waals surface area contributed by atoms with Crippen LogP contribution in [0.3, 0.4) is 0 Å². The van der Waals surface area contributed by atoms with E-state index in [1.807, 2.05) is 13.8 Å². The predicted octanol–water partition coefficient (Wildman–Crippen LogP) is 4.04. The van der Waals surface area contributed by atoms with E-state index in [1.54, 1.807) is 0 Å². The van der Waals surface area contributed by atoms with E-state index in [0.29, 0.717) is 0 Å². The summed E-state index contributed by atoms with van der Waals surface area (Å²) < 4.78 is 13.0. The molecule has 0 unspecified atom stereocenters. The Morgan fingerprint density at radius 1 is 1.08 bits per heavy atom. The van der Waals surface area contributed by atoms with Gasteiger partial charge in [-0.1, -0.05) is 33.1 Å². The molecule has 1 atom stereocenters. The summed E-state index contributed by atoms with van der Waals surface area (Å²) in [5.74, 6) is 0. The van der Waals surface area contributed by atoms with Crippen molar-refractivity contribution < 1.29 is 4.39 Å². The molecule has 0 aromatic rings. The Morgan fingerprint density at radius 2 is 1.50 bits per heavy atom. The molecule has 2 aliphatic carbocycles. The van der Waals surface area contributed by atoms with Gasteiger partial charge in [-0.3, -0.25) is 0 Å². The van der Waals surface area contributed by atoms with Crippen LogP contribution in [-0.4, -0.2) is 4.58 Å². The zero-order chi connectivity index (χ0) is 9.04. The second-order valence-corrected chi connectivity index (χ2v) is 5.93. The quantitative estimate of drug-likeness (QED) is 0.556. The fourth-order valence-corrected chi connectivity index (χ4v) is 4.20. The Bertz CT molecular complexity index is 186. The van der Waals surface area contributed by atoms with E-state index in [4.69, 9.17) is 0 Å². The number of hydrogen-bond donors (Lipinski definition) is 0. The van der Waals surface area contributed by atoms with Gasteiger partial charge in [0.15, 0.2) is 4.58 Å². The first kappa shape index (κ1) is 8.98.